The molecule has 0 amide bonds. The third kappa shape index (κ3) is 2.76. The van der Waals surface area contributed by atoms with E-state index in [1.165, 1.54) is 10.9 Å². The molecule has 26 heavy (non-hydrogen) atoms. The second-order valence-corrected chi connectivity index (χ2v) is 7.20. The van der Waals surface area contributed by atoms with Crippen molar-refractivity contribution in [3.05, 3.63) is 19.0 Å². The minimum atomic E-state index is -4.22. The maximum atomic E-state index is 11.6. The number of ether oxygens (including phenoxy) is 1. The number of anilines is 2. The Morgan fingerprint density at radius 3 is 3.12 bits per heavy atom. The summed E-state index contributed by atoms with van der Waals surface area (Å²) in [5, 5.41) is 13.7. The zero-order chi connectivity index (χ0) is 18.5. The Morgan fingerprint density at radius 1 is 1.54 bits per heavy atom. The lowest BCUT2D eigenvalue weighted by Gasteiger charge is -2.27. The predicted molar refractivity (Wildman–Crippen MR) is 89.0 cm³/mol. The van der Waals surface area contributed by atoms with Gasteiger partial charge in [-0.25, -0.2) is 19.5 Å². The minimum absolute atomic E-state index is 0.166. The highest BCUT2D eigenvalue weighted by molar-refractivity contribution is 7.47. The molecule has 0 bridgehead atoms. The van der Waals surface area contributed by atoms with Gasteiger partial charge in [0.2, 0.25) is 5.95 Å². The first-order chi connectivity index (χ1) is 12.4. The molecule has 2 saturated heterocycles. The second kappa shape index (κ2) is 6.27. The zero-order valence-electron chi connectivity index (χ0n) is 13.4. The van der Waals surface area contributed by atoms with Crippen LogP contribution in [0, 0.1) is 0 Å². The first kappa shape index (κ1) is 17.3. The molecular weight excluding hydrogens is 367 g/mol. The Labute approximate surface area is 147 Å². The molecule has 0 spiro atoms. The Kier molecular flexibility index (Phi) is 4.18. The van der Waals surface area contributed by atoms with Gasteiger partial charge in [0, 0.05) is 6.54 Å². The summed E-state index contributed by atoms with van der Waals surface area (Å²) < 4.78 is 28.7. The van der Waals surface area contributed by atoms with Crippen molar-refractivity contribution in [2.24, 2.45) is 0 Å². The fourth-order valence-electron chi connectivity index (χ4n) is 3.00. The highest BCUT2D eigenvalue weighted by Gasteiger charge is 2.53. The highest BCUT2D eigenvalue weighted by Crippen LogP contribution is 2.52. The van der Waals surface area contributed by atoms with Crippen LogP contribution in [0.5, 0.6) is 0 Å². The van der Waals surface area contributed by atoms with Crippen LogP contribution in [0.4, 0.5) is 11.8 Å². The molecule has 0 saturated carbocycles. The van der Waals surface area contributed by atoms with Gasteiger partial charge in [-0.3, -0.25) is 13.6 Å². The van der Waals surface area contributed by atoms with E-state index in [4.69, 9.17) is 19.5 Å². The van der Waals surface area contributed by atoms with Gasteiger partial charge in [0.05, 0.1) is 6.61 Å². The number of nitrogens with two attached hydrogens (primary N) is 1. The van der Waals surface area contributed by atoms with Crippen LogP contribution in [0.25, 0.3) is 11.2 Å². The molecule has 2 aliphatic rings. The van der Waals surface area contributed by atoms with Crippen LogP contribution in [0.15, 0.2) is 19.0 Å². The molecule has 2 aliphatic heterocycles. The smallest absolute Gasteiger partial charge is 0.386 e. The van der Waals surface area contributed by atoms with E-state index in [1.807, 2.05) is 0 Å². The third-order valence-electron chi connectivity index (χ3n) is 4.13. The monoisotopic (exact) mass is 384 g/mol. The summed E-state index contributed by atoms with van der Waals surface area (Å²) in [4.78, 5) is 21.9. The molecule has 4 heterocycles. The van der Waals surface area contributed by atoms with E-state index in [2.05, 4.69) is 26.8 Å². The summed E-state index contributed by atoms with van der Waals surface area (Å²) in [7, 11) is -4.22. The van der Waals surface area contributed by atoms with Crippen LogP contribution >= 0.6 is 7.82 Å². The van der Waals surface area contributed by atoms with Gasteiger partial charge in [0.1, 0.15) is 24.6 Å². The fraction of sp³-hybridized carbons (Fsp3) is 0.462. The number of phosphoric acid groups is 1. The molecule has 2 aromatic heterocycles. The summed E-state index contributed by atoms with van der Waals surface area (Å²) in [6, 6.07) is 0. The first-order valence-electron chi connectivity index (χ1n) is 7.73. The SMILES string of the molecule is C=CCNc1nc2c(N)ncnc2n1[C@@H]1O[C@@H]2COP(=O)(O)O[C@H]2[C@H]1O. The number of nitrogens with one attached hydrogen (secondary N) is 1. The molecule has 12 nitrogen and oxygen atoms in total. The molecular formula is C13H17N6O6P. The molecule has 2 aromatic rings. The fourth-order valence-corrected chi connectivity index (χ4v) is 3.97. The summed E-state index contributed by atoms with van der Waals surface area (Å²) in [6.07, 6.45) is -1.12. The maximum Gasteiger partial charge on any atom is 0.472 e. The lowest BCUT2D eigenvalue weighted by molar-refractivity contribution is -0.0659. The largest absolute Gasteiger partial charge is 0.472 e. The van der Waals surface area contributed by atoms with Crippen molar-refractivity contribution in [3.63, 3.8) is 0 Å². The van der Waals surface area contributed by atoms with Crippen LogP contribution < -0.4 is 11.1 Å². The molecule has 0 aliphatic carbocycles. The Morgan fingerprint density at radius 2 is 2.35 bits per heavy atom. The molecule has 4 rings (SSSR count). The Balaban J connectivity index is 1.77. The van der Waals surface area contributed by atoms with Gasteiger partial charge >= 0.3 is 7.82 Å². The van der Waals surface area contributed by atoms with E-state index in [0.717, 1.165) is 0 Å². The number of hydrogen-bond donors (Lipinski definition) is 4. The van der Waals surface area contributed by atoms with Crippen molar-refractivity contribution in [1.29, 1.82) is 0 Å². The van der Waals surface area contributed by atoms with Crippen LogP contribution in [0.3, 0.4) is 0 Å². The molecule has 2 fully saturated rings. The number of aliphatic hydroxyl groups is 1. The second-order valence-electron chi connectivity index (χ2n) is 5.80. The van der Waals surface area contributed by atoms with Gasteiger partial charge in [0.25, 0.3) is 0 Å². The number of rotatable bonds is 4. The zero-order valence-corrected chi connectivity index (χ0v) is 14.3. The highest BCUT2D eigenvalue weighted by atomic mass is 31.2. The van der Waals surface area contributed by atoms with Crippen molar-refractivity contribution in [2.75, 3.05) is 24.2 Å². The van der Waals surface area contributed by atoms with Crippen molar-refractivity contribution in [3.8, 4) is 0 Å². The molecule has 13 heteroatoms. The third-order valence-corrected chi connectivity index (χ3v) is 5.12. The van der Waals surface area contributed by atoms with E-state index in [9.17, 15) is 14.6 Å². The lowest BCUT2D eigenvalue weighted by atomic mass is 10.1. The van der Waals surface area contributed by atoms with Crippen LogP contribution in [-0.4, -0.2) is 61.0 Å². The van der Waals surface area contributed by atoms with Gasteiger partial charge in [-0.05, 0) is 0 Å². The van der Waals surface area contributed by atoms with Gasteiger partial charge in [0.15, 0.2) is 23.2 Å². The number of nitrogen functional groups attached to an aromatic ring is 1. The molecule has 0 aromatic carbocycles. The quantitative estimate of drug-likeness (QED) is 0.406. The van der Waals surface area contributed by atoms with Gasteiger partial charge in [-0.1, -0.05) is 6.08 Å². The standard InChI is InChI=1S/C13H17N6O6P/c1-2-3-15-13-18-7-10(14)16-5-17-11(7)19(13)12-8(20)9-6(24-12)4-23-26(21,22)25-9/h2,5-6,8-9,12,20H,1,3-4H2,(H,15,18)(H,21,22)(H2,14,16,17)/t6-,8-,9-,12-/m1/s1. The van der Waals surface area contributed by atoms with Crippen molar-refractivity contribution in [1.82, 2.24) is 19.5 Å². The van der Waals surface area contributed by atoms with Crippen LogP contribution in [0.1, 0.15) is 6.23 Å². The Bertz CT molecular complexity index is 905. The van der Waals surface area contributed by atoms with Crippen LogP contribution in [-0.2, 0) is 18.3 Å². The molecule has 5 N–H and O–H groups in total. The summed E-state index contributed by atoms with van der Waals surface area (Å²) in [5.74, 6) is 0.489. The number of fused-ring (bicyclic) bond motifs is 2. The van der Waals surface area contributed by atoms with E-state index < -0.39 is 32.4 Å². The number of imidazole rings is 1. The van der Waals surface area contributed by atoms with Gasteiger partial charge < -0.3 is 25.8 Å². The topological polar surface area (TPSA) is 167 Å². The minimum Gasteiger partial charge on any atom is -0.386 e. The van der Waals surface area contributed by atoms with Crippen molar-refractivity contribution in [2.45, 2.75) is 24.5 Å². The number of aliphatic hydroxyl groups excluding tert-OH is 1. The van der Waals surface area contributed by atoms with Gasteiger partial charge in [-0.2, -0.15) is 0 Å². The van der Waals surface area contributed by atoms with E-state index in [-0.39, 0.29) is 12.4 Å². The number of phosphoric ester groups is 1. The van der Waals surface area contributed by atoms with E-state index >= 15 is 0 Å². The van der Waals surface area contributed by atoms with E-state index in [0.29, 0.717) is 23.7 Å². The Hall–Kier alpha value is -2.08. The number of hydrogen-bond acceptors (Lipinski definition) is 10. The first-order valence-corrected chi connectivity index (χ1v) is 9.23. The summed E-state index contributed by atoms with van der Waals surface area (Å²) in [6.45, 7) is 3.83. The number of nitrogens with zero attached hydrogens (tertiary/aromatic N) is 4. The average Bonchev–Trinajstić information content (AvgIpc) is 3.11. The lowest BCUT2D eigenvalue weighted by Crippen LogP contribution is -2.39. The molecule has 0 radical (unpaired) electrons. The average molecular weight is 384 g/mol. The molecule has 1 unspecified atom stereocenters. The summed E-state index contributed by atoms with van der Waals surface area (Å²) >= 11 is 0. The molecule has 5 atom stereocenters. The maximum absolute atomic E-state index is 11.6. The predicted octanol–water partition coefficient (Wildman–Crippen LogP) is -0.220. The van der Waals surface area contributed by atoms with Crippen molar-refractivity contribution >= 4 is 30.8 Å². The number of aromatic nitrogens is 4. The van der Waals surface area contributed by atoms with Gasteiger partial charge in [-0.15, -0.1) is 6.58 Å². The normalized spacial score (nSPS) is 33.9. The van der Waals surface area contributed by atoms with E-state index in [1.54, 1.807) is 6.08 Å². The van der Waals surface area contributed by atoms with Crippen LogP contribution in [0.2, 0.25) is 0 Å². The van der Waals surface area contributed by atoms with Crippen molar-refractivity contribution < 1.29 is 28.3 Å². The summed E-state index contributed by atoms with van der Waals surface area (Å²) in [5.41, 5.74) is 6.52. The molecule has 140 valence electrons.